The average Bonchev–Trinajstić information content (AvgIpc) is 2.48. The van der Waals surface area contributed by atoms with Crippen molar-refractivity contribution in [2.45, 2.75) is 45.2 Å². The maximum absolute atomic E-state index is 11.0. The highest BCUT2D eigenvalue weighted by molar-refractivity contribution is 5.72. The molecule has 5 heteroatoms. The van der Waals surface area contributed by atoms with Crippen molar-refractivity contribution >= 4 is 5.97 Å². The summed E-state index contributed by atoms with van der Waals surface area (Å²) >= 11 is 0. The highest BCUT2D eigenvalue weighted by Gasteiger charge is 2.30. The van der Waals surface area contributed by atoms with Gasteiger partial charge in [-0.15, -0.1) is 0 Å². The van der Waals surface area contributed by atoms with Gasteiger partial charge in [-0.25, -0.2) is 0 Å². The second kappa shape index (κ2) is 7.38. The van der Waals surface area contributed by atoms with Gasteiger partial charge in [0.05, 0.1) is 0 Å². The quantitative estimate of drug-likeness (QED) is 0.814. The van der Waals surface area contributed by atoms with Crippen LogP contribution in [0.3, 0.4) is 0 Å². The Balaban J connectivity index is 1.73. The summed E-state index contributed by atoms with van der Waals surface area (Å²) in [5.41, 5.74) is 0. The molecule has 116 valence electrons. The van der Waals surface area contributed by atoms with Crippen LogP contribution in [0, 0.1) is 0 Å². The third-order valence-corrected chi connectivity index (χ3v) is 4.87. The van der Waals surface area contributed by atoms with E-state index in [1.807, 2.05) is 0 Å². The first-order valence-corrected chi connectivity index (χ1v) is 8.05. The first kappa shape index (κ1) is 15.7. The molecule has 0 aliphatic carbocycles. The van der Waals surface area contributed by atoms with Crippen LogP contribution in [-0.4, -0.2) is 83.7 Å². The van der Waals surface area contributed by atoms with Crippen molar-refractivity contribution in [1.29, 1.82) is 0 Å². The van der Waals surface area contributed by atoms with Crippen LogP contribution in [0.2, 0.25) is 0 Å². The van der Waals surface area contributed by atoms with E-state index < -0.39 is 5.97 Å². The van der Waals surface area contributed by atoms with Crippen LogP contribution in [0.1, 0.15) is 33.1 Å². The van der Waals surface area contributed by atoms with Crippen molar-refractivity contribution in [2.75, 3.05) is 45.8 Å². The predicted molar refractivity (Wildman–Crippen MR) is 80.0 cm³/mol. The molecule has 2 fully saturated rings. The summed E-state index contributed by atoms with van der Waals surface area (Å²) in [5.74, 6) is -0.702. The van der Waals surface area contributed by atoms with Crippen LogP contribution in [0.4, 0.5) is 0 Å². The van der Waals surface area contributed by atoms with Gasteiger partial charge in [-0.1, -0.05) is 6.92 Å². The van der Waals surface area contributed by atoms with Crippen LogP contribution in [0.15, 0.2) is 0 Å². The second-order valence-corrected chi connectivity index (χ2v) is 6.16. The van der Waals surface area contributed by atoms with Gasteiger partial charge < -0.3 is 10.0 Å². The Bertz CT molecular complexity index is 308. The molecule has 20 heavy (non-hydrogen) atoms. The minimum absolute atomic E-state index is 0.344. The molecular weight excluding hydrogens is 254 g/mol. The van der Waals surface area contributed by atoms with Gasteiger partial charge in [0.2, 0.25) is 0 Å². The minimum atomic E-state index is -0.702. The average molecular weight is 283 g/mol. The summed E-state index contributed by atoms with van der Waals surface area (Å²) in [6, 6.07) is 0.369. The van der Waals surface area contributed by atoms with Gasteiger partial charge in [0, 0.05) is 32.2 Å². The topological polar surface area (TPSA) is 47.0 Å². The number of carbonyl (C=O) groups is 1. The predicted octanol–water partition coefficient (Wildman–Crippen LogP) is 0.952. The Kier molecular flexibility index (Phi) is 5.81. The molecule has 0 aromatic rings. The van der Waals surface area contributed by atoms with Crippen molar-refractivity contribution in [3.8, 4) is 0 Å². The third-order valence-electron chi connectivity index (χ3n) is 4.87. The summed E-state index contributed by atoms with van der Waals surface area (Å²) in [6.07, 6.45) is 3.79. The lowest BCUT2D eigenvalue weighted by molar-refractivity contribution is -0.143. The summed E-state index contributed by atoms with van der Waals surface area (Å²) < 4.78 is 0. The molecular formula is C15H29N3O2. The third kappa shape index (κ3) is 3.93. The number of hydrogen-bond acceptors (Lipinski definition) is 4. The van der Waals surface area contributed by atoms with E-state index in [-0.39, 0.29) is 6.04 Å². The van der Waals surface area contributed by atoms with Crippen molar-refractivity contribution in [3.63, 3.8) is 0 Å². The first-order valence-electron chi connectivity index (χ1n) is 8.05. The number of piperidine rings is 1. The van der Waals surface area contributed by atoms with Gasteiger partial charge in [0.25, 0.3) is 0 Å². The largest absolute Gasteiger partial charge is 0.480 e. The fourth-order valence-corrected chi connectivity index (χ4v) is 3.47. The zero-order chi connectivity index (χ0) is 14.5. The number of nitrogens with zero attached hydrogens (tertiary/aromatic N) is 3. The molecule has 2 saturated heterocycles. The molecule has 2 aliphatic rings. The molecule has 2 aliphatic heterocycles. The normalized spacial score (nSPS) is 25.7. The molecule has 0 aromatic carbocycles. The van der Waals surface area contributed by atoms with Crippen molar-refractivity contribution in [2.24, 2.45) is 0 Å². The molecule has 2 heterocycles. The van der Waals surface area contributed by atoms with Crippen LogP contribution in [-0.2, 0) is 4.79 Å². The highest BCUT2D eigenvalue weighted by Crippen LogP contribution is 2.19. The Morgan fingerprint density at radius 3 is 2.25 bits per heavy atom. The Morgan fingerprint density at radius 2 is 1.75 bits per heavy atom. The number of carboxylic acid groups (broad SMARTS) is 1. The molecule has 5 nitrogen and oxygen atoms in total. The lowest BCUT2D eigenvalue weighted by atomic mass is 10.0. The maximum Gasteiger partial charge on any atom is 0.320 e. The van der Waals surface area contributed by atoms with Gasteiger partial charge in [-0.3, -0.25) is 14.6 Å². The number of likely N-dealkylation sites (tertiary alicyclic amines) is 1. The van der Waals surface area contributed by atoms with Gasteiger partial charge in [-0.2, -0.15) is 0 Å². The second-order valence-electron chi connectivity index (χ2n) is 6.16. The van der Waals surface area contributed by atoms with Gasteiger partial charge in [0.1, 0.15) is 6.04 Å². The lowest BCUT2D eigenvalue weighted by Crippen LogP contribution is -2.55. The number of hydrogen-bond donors (Lipinski definition) is 1. The number of aliphatic carboxylic acids is 1. The van der Waals surface area contributed by atoms with E-state index in [0.29, 0.717) is 6.04 Å². The van der Waals surface area contributed by atoms with Crippen LogP contribution in [0.25, 0.3) is 0 Å². The van der Waals surface area contributed by atoms with Gasteiger partial charge >= 0.3 is 5.97 Å². The lowest BCUT2D eigenvalue weighted by Gasteiger charge is -2.43. The van der Waals surface area contributed by atoms with E-state index in [1.54, 1.807) is 6.92 Å². The van der Waals surface area contributed by atoms with E-state index in [0.717, 1.165) is 26.2 Å². The molecule has 0 aromatic heterocycles. The Hall–Kier alpha value is -0.650. The molecule has 1 atom stereocenters. The van der Waals surface area contributed by atoms with Crippen LogP contribution < -0.4 is 0 Å². The summed E-state index contributed by atoms with van der Waals surface area (Å²) in [4.78, 5) is 18.3. The van der Waals surface area contributed by atoms with Gasteiger partial charge in [0.15, 0.2) is 0 Å². The molecule has 0 radical (unpaired) electrons. The van der Waals surface area contributed by atoms with E-state index in [9.17, 15) is 4.79 Å². The molecule has 2 rings (SSSR count). The molecule has 0 spiro atoms. The fraction of sp³-hybridized carbons (Fsp3) is 0.933. The van der Waals surface area contributed by atoms with E-state index >= 15 is 0 Å². The standard InChI is InChI=1S/C15H29N3O2/c1-3-6-16-7-4-14(5-8-16)18-11-9-17(10-12-18)13(2)15(19)20/h13-14H,3-12H2,1-2H3,(H,19,20). The van der Waals surface area contributed by atoms with E-state index in [2.05, 4.69) is 21.6 Å². The number of piperazine rings is 1. The van der Waals surface area contributed by atoms with Crippen LogP contribution >= 0.6 is 0 Å². The molecule has 0 saturated carbocycles. The fourth-order valence-electron chi connectivity index (χ4n) is 3.47. The maximum atomic E-state index is 11.0. The number of carboxylic acids is 1. The smallest absolute Gasteiger partial charge is 0.320 e. The molecule has 1 unspecified atom stereocenters. The summed E-state index contributed by atoms with van der Waals surface area (Å²) in [7, 11) is 0. The van der Waals surface area contributed by atoms with E-state index in [4.69, 9.17) is 5.11 Å². The highest BCUT2D eigenvalue weighted by atomic mass is 16.4. The molecule has 0 bridgehead atoms. The Labute approximate surface area is 122 Å². The summed E-state index contributed by atoms with van der Waals surface area (Å²) in [6.45, 7) is 11.6. The zero-order valence-electron chi connectivity index (χ0n) is 12.9. The van der Waals surface area contributed by atoms with Crippen molar-refractivity contribution in [1.82, 2.24) is 14.7 Å². The van der Waals surface area contributed by atoms with Crippen LogP contribution in [0.5, 0.6) is 0 Å². The van der Waals surface area contributed by atoms with E-state index in [1.165, 1.54) is 38.9 Å². The van der Waals surface area contributed by atoms with Crippen molar-refractivity contribution in [3.05, 3.63) is 0 Å². The molecule has 0 amide bonds. The molecule has 1 N–H and O–H groups in total. The first-order chi connectivity index (χ1) is 9.61. The van der Waals surface area contributed by atoms with Crippen molar-refractivity contribution < 1.29 is 9.90 Å². The minimum Gasteiger partial charge on any atom is -0.480 e. The monoisotopic (exact) mass is 283 g/mol. The number of rotatable bonds is 5. The SMILES string of the molecule is CCCN1CCC(N2CCN(C(C)C(=O)O)CC2)CC1. The Morgan fingerprint density at radius 1 is 1.15 bits per heavy atom. The van der Waals surface area contributed by atoms with Gasteiger partial charge in [-0.05, 0) is 45.8 Å². The zero-order valence-corrected chi connectivity index (χ0v) is 12.9. The summed E-state index contributed by atoms with van der Waals surface area (Å²) in [5, 5.41) is 9.07.